The van der Waals surface area contributed by atoms with Gasteiger partial charge in [-0.25, -0.2) is 4.39 Å². The maximum absolute atomic E-state index is 13.9. The number of nitrogens with one attached hydrogen (secondary N) is 1. The Balaban J connectivity index is 2.29. The SMILES string of the molecule is CCC(Nc1ccc(Br)cc1F)c1ccccc1OC. The zero-order valence-corrected chi connectivity index (χ0v) is 13.1. The van der Waals surface area contributed by atoms with E-state index in [4.69, 9.17) is 4.74 Å². The van der Waals surface area contributed by atoms with Gasteiger partial charge in [0.25, 0.3) is 0 Å². The number of para-hydroxylation sites is 1. The molecular weight excluding hydrogens is 321 g/mol. The number of anilines is 1. The fourth-order valence-corrected chi connectivity index (χ4v) is 2.48. The predicted molar refractivity (Wildman–Crippen MR) is 83.7 cm³/mol. The van der Waals surface area contributed by atoms with Gasteiger partial charge in [0.05, 0.1) is 18.8 Å². The molecule has 0 saturated heterocycles. The van der Waals surface area contributed by atoms with E-state index in [9.17, 15) is 4.39 Å². The topological polar surface area (TPSA) is 21.3 Å². The maximum Gasteiger partial charge on any atom is 0.147 e. The first-order chi connectivity index (χ1) is 9.65. The highest BCUT2D eigenvalue weighted by molar-refractivity contribution is 9.10. The summed E-state index contributed by atoms with van der Waals surface area (Å²) >= 11 is 3.26. The van der Waals surface area contributed by atoms with Crippen molar-refractivity contribution < 1.29 is 9.13 Å². The third-order valence-corrected chi connectivity index (χ3v) is 3.68. The van der Waals surface area contributed by atoms with Crippen LogP contribution in [0.4, 0.5) is 10.1 Å². The van der Waals surface area contributed by atoms with Crippen LogP contribution in [-0.2, 0) is 0 Å². The van der Waals surface area contributed by atoms with Crippen molar-refractivity contribution in [1.82, 2.24) is 0 Å². The third kappa shape index (κ3) is 3.31. The summed E-state index contributed by atoms with van der Waals surface area (Å²) in [7, 11) is 1.64. The molecule has 0 fully saturated rings. The fraction of sp³-hybridized carbons (Fsp3) is 0.250. The summed E-state index contributed by atoms with van der Waals surface area (Å²) in [5.41, 5.74) is 1.52. The minimum Gasteiger partial charge on any atom is -0.496 e. The van der Waals surface area contributed by atoms with Crippen molar-refractivity contribution in [2.24, 2.45) is 0 Å². The number of benzene rings is 2. The van der Waals surface area contributed by atoms with Crippen molar-refractivity contribution in [1.29, 1.82) is 0 Å². The molecular formula is C16H17BrFNO. The van der Waals surface area contributed by atoms with E-state index in [1.165, 1.54) is 6.07 Å². The van der Waals surface area contributed by atoms with Gasteiger partial charge < -0.3 is 10.1 Å². The molecule has 0 bridgehead atoms. The average Bonchev–Trinajstić information content (AvgIpc) is 2.46. The van der Waals surface area contributed by atoms with Gasteiger partial charge in [0.2, 0.25) is 0 Å². The molecule has 0 aliphatic rings. The van der Waals surface area contributed by atoms with Crippen molar-refractivity contribution in [2.75, 3.05) is 12.4 Å². The van der Waals surface area contributed by atoms with Crippen LogP contribution in [0.1, 0.15) is 24.9 Å². The van der Waals surface area contributed by atoms with E-state index in [0.29, 0.717) is 5.69 Å². The highest BCUT2D eigenvalue weighted by Gasteiger charge is 2.15. The Kier molecular flexibility index (Phi) is 5.01. The summed E-state index contributed by atoms with van der Waals surface area (Å²) in [6.45, 7) is 2.06. The van der Waals surface area contributed by atoms with Crippen LogP contribution >= 0.6 is 15.9 Å². The Morgan fingerprint density at radius 1 is 1.25 bits per heavy atom. The molecule has 106 valence electrons. The molecule has 2 nitrogen and oxygen atoms in total. The number of ether oxygens (including phenoxy) is 1. The van der Waals surface area contributed by atoms with Crippen molar-refractivity contribution in [2.45, 2.75) is 19.4 Å². The minimum absolute atomic E-state index is 0.00169. The smallest absolute Gasteiger partial charge is 0.147 e. The molecule has 0 aromatic heterocycles. The van der Waals surface area contributed by atoms with Crippen LogP contribution < -0.4 is 10.1 Å². The maximum atomic E-state index is 13.9. The highest BCUT2D eigenvalue weighted by Crippen LogP contribution is 2.31. The Morgan fingerprint density at radius 2 is 2.00 bits per heavy atom. The number of rotatable bonds is 5. The largest absolute Gasteiger partial charge is 0.496 e. The molecule has 0 heterocycles. The lowest BCUT2D eigenvalue weighted by atomic mass is 10.0. The van der Waals surface area contributed by atoms with Gasteiger partial charge in [-0.15, -0.1) is 0 Å². The van der Waals surface area contributed by atoms with Gasteiger partial charge in [-0.2, -0.15) is 0 Å². The third-order valence-electron chi connectivity index (χ3n) is 3.18. The van der Waals surface area contributed by atoms with E-state index >= 15 is 0 Å². The van der Waals surface area contributed by atoms with E-state index in [0.717, 1.165) is 22.2 Å². The highest BCUT2D eigenvalue weighted by atomic mass is 79.9. The molecule has 2 aromatic rings. The van der Waals surface area contributed by atoms with Crippen LogP contribution in [0, 0.1) is 5.82 Å². The van der Waals surface area contributed by atoms with Gasteiger partial charge >= 0.3 is 0 Å². The van der Waals surface area contributed by atoms with Gasteiger partial charge in [0, 0.05) is 10.0 Å². The normalized spacial score (nSPS) is 12.0. The van der Waals surface area contributed by atoms with Gasteiger partial charge in [-0.1, -0.05) is 41.1 Å². The van der Waals surface area contributed by atoms with Crippen LogP contribution in [0.3, 0.4) is 0 Å². The van der Waals surface area contributed by atoms with Crippen LogP contribution in [0.25, 0.3) is 0 Å². The number of hydrogen-bond donors (Lipinski definition) is 1. The summed E-state index contributed by atoms with van der Waals surface area (Å²) in [4.78, 5) is 0. The lowest BCUT2D eigenvalue weighted by Gasteiger charge is -2.21. The van der Waals surface area contributed by atoms with Crippen LogP contribution in [0.5, 0.6) is 5.75 Å². The zero-order valence-electron chi connectivity index (χ0n) is 11.5. The van der Waals surface area contributed by atoms with Crippen molar-refractivity contribution in [3.63, 3.8) is 0 Å². The molecule has 1 atom stereocenters. The second-order valence-electron chi connectivity index (χ2n) is 4.47. The molecule has 0 saturated carbocycles. The van der Waals surface area contributed by atoms with E-state index < -0.39 is 0 Å². The van der Waals surface area contributed by atoms with Crippen LogP contribution in [-0.4, -0.2) is 7.11 Å². The Labute approximate surface area is 127 Å². The molecule has 1 unspecified atom stereocenters. The van der Waals surface area contributed by atoms with Crippen LogP contribution in [0.2, 0.25) is 0 Å². The first kappa shape index (κ1) is 14.9. The molecule has 2 rings (SSSR count). The quantitative estimate of drug-likeness (QED) is 0.813. The monoisotopic (exact) mass is 337 g/mol. The van der Waals surface area contributed by atoms with Crippen molar-refractivity contribution >= 4 is 21.6 Å². The molecule has 0 amide bonds. The van der Waals surface area contributed by atoms with Gasteiger partial charge in [-0.3, -0.25) is 0 Å². The summed E-state index contributed by atoms with van der Waals surface area (Å²) in [6.07, 6.45) is 0.829. The first-order valence-corrected chi connectivity index (χ1v) is 7.29. The molecule has 4 heteroatoms. The average molecular weight is 338 g/mol. The second-order valence-corrected chi connectivity index (χ2v) is 5.39. The second kappa shape index (κ2) is 6.75. The van der Waals surface area contributed by atoms with Crippen molar-refractivity contribution in [3.05, 3.63) is 58.3 Å². The standard InChI is InChI=1S/C16H17BrFNO/c1-3-14(12-6-4-5-7-16(12)20-2)19-15-9-8-11(17)10-13(15)18/h4-10,14,19H,3H2,1-2H3. The Bertz CT molecular complexity index is 588. The van der Waals surface area contributed by atoms with Gasteiger partial charge in [0.1, 0.15) is 11.6 Å². The molecule has 0 aliphatic carbocycles. The molecule has 0 spiro atoms. The Morgan fingerprint density at radius 3 is 2.65 bits per heavy atom. The van der Waals surface area contributed by atoms with Gasteiger partial charge in [-0.05, 0) is 30.7 Å². The zero-order chi connectivity index (χ0) is 14.5. The van der Waals surface area contributed by atoms with Crippen molar-refractivity contribution in [3.8, 4) is 5.75 Å². The van der Waals surface area contributed by atoms with E-state index in [1.807, 2.05) is 30.3 Å². The minimum atomic E-state index is -0.271. The fourth-order valence-electron chi connectivity index (χ4n) is 2.15. The molecule has 20 heavy (non-hydrogen) atoms. The van der Waals surface area contributed by atoms with Gasteiger partial charge in [0.15, 0.2) is 0 Å². The number of hydrogen-bond acceptors (Lipinski definition) is 2. The Hall–Kier alpha value is -1.55. The lowest BCUT2D eigenvalue weighted by Crippen LogP contribution is -2.12. The first-order valence-electron chi connectivity index (χ1n) is 6.50. The number of halogens is 2. The molecule has 0 radical (unpaired) electrons. The molecule has 1 N–H and O–H groups in total. The van der Waals surface area contributed by atoms with E-state index in [2.05, 4.69) is 28.2 Å². The molecule has 2 aromatic carbocycles. The molecule has 0 aliphatic heterocycles. The summed E-state index contributed by atoms with van der Waals surface area (Å²) < 4.78 is 20.0. The van der Waals surface area contributed by atoms with E-state index in [-0.39, 0.29) is 11.9 Å². The predicted octanol–water partition coefficient (Wildman–Crippen LogP) is 5.16. The lowest BCUT2D eigenvalue weighted by molar-refractivity contribution is 0.406. The summed E-state index contributed by atoms with van der Waals surface area (Å²) in [5.74, 6) is 0.539. The number of methoxy groups -OCH3 is 1. The van der Waals surface area contributed by atoms with E-state index in [1.54, 1.807) is 13.2 Å². The van der Waals surface area contributed by atoms with Crippen LogP contribution in [0.15, 0.2) is 46.9 Å². The summed E-state index contributed by atoms with van der Waals surface area (Å²) in [5, 5.41) is 3.24. The summed E-state index contributed by atoms with van der Waals surface area (Å²) in [6, 6.07) is 12.8.